The molecular formula is C24H19FN4O3S. The zero-order valence-corrected chi connectivity index (χ0v) is 18.4. The number of amides is 1. The zero-order valence-electron chi connectivity index (χ0n) is 17.6. The van der Waals surface area contributed by atoms with Crippen LogP contribution in [0.5, 0.6) is 0 Å². The van der Waals surface area contributed by atoms with Gasteiger partial charge in [-0.1, -0.05) is 49.0 Å². The van der Waals surface area contributed by atoms with E-state index in [0.717, 1.165) is 22.9 Å². The van der Waals surface area contributed by atoms with Crippen molar-refractivity contribution in [1.29, 1.82) is 0 Å². The Bertz CT molecular complexity index is 1350. The van der Waals surface area contributed by atoms with E-state index in [1.165, 1.54) is 42.1 Å². The molecule has 4 aromatic rings. The minimum Gasteiger partial charge on any atom is -0.320 e. The molecule has 9 heteroatoms. The molecule has 4 rings (SSSR count). The number of halogens is 1. The molecule has 0 aliphatic carbocycles. The number of aryl methyl sites for hydroxylation is 1. The highest BCUT2D eigenvalue weighted by Gasteiger charge is 2.17. The first-order valence-electron chi connectivity index (χ1n) is 10.2. The number of benzene rings is 3. The van der Waals surface area contributed by atoms with Gasteiger partial charge < -0.3 is 5.32 Å². The fourth-order valence-corrected chi connectivity index (χ4v) is 4.18. The summed E-state index contributed by atoms with van der Waals surface area (Å²) in [5.41, 5.74) is 2.44. The average molecular weight is 463 g/mol. The summed E-state index contributed by atoms with van der Waals surface area (Å²) < 4.78 is 13.4. The Morgan fingerprint density at radius 2 is 1.82 bits per heavy atom. The van der Waals surface area contributed by atoms with E-state index in [9.17, 15) is 19.3 Å². The Balaban J connectivity index is 1.65. The van der Waals surface area contributed by atoms with Gasteiger partial charge in [-0.2, -0.15) is 0 Å². The highest BCUT2D eigenvalue weighted by atomic mass is 32.2. The average Bonchev–Trinajstić information content (AvgIpc) is 2.82. The predicted octanol–water partition coefficient (Wildman–Crippen LogP) is 5.64. The number of nitrogens with one attached hydrogen (secondary N) is 1. The Morgan fingerprint density at radius 3 is 2.55 bits per heavy atom. The molecule has 1 N–H and O–H groups in total. The molecular weight excluding hydrogens is 443 g/mol. The summed E-state index contributed by atoms with van der Waals surface area (Å²) in [6.45, 7) is 2.03. The van der Waals surface area contributed by atoms with E-state index >= 15 is 0 Å². The van der Waals surface area contributed by atoms with E-state index in [0.29, 0.717) is 16.4 Å². The maximum absolute atomic E-state index is 13.4. The SMILES string of the molecule is CCc1cccc2c(SCC(=O)Nc3ccccc3[N+](=O)[O-])nc(-c3ccc(F)cc3)nc12. The number of aromatic nitrogens is 2. The van der Waals surface area contributed by atoms with Gasteiger partial charge in [0.1, 0.15) is 16.5 Å². The first-order chi connectivity index (χ1) is 16.0. The van der Waals surface area contributed by atoms with Gasteiger partial charge in [0, 0.05) is 17.0 Å². The largest absolute Gasteiger partial charge is 0.320 e. The van der Waals surface area contributed by atoms with E-state index in [-0.39, 0.29) is 22.9 Å². The van der Waals surface area contributed by atoms with Gasteiger partial charge in [-0.15, -0.1) is 0 Å². The molecule has 0 saturated heterocycles. The molecule has 1 aromatic heterocycles. The van der Waals surface area contributed by atoms with Crippen LogP contribution in [0, 0.1) is 15.9 Å². The normalized spacial score (nSPS) is 10.8. The van der Waals surface area contributed by atoms with Gasteiger partial charge in [0.2, 0.25) is 5.91 Å². The van der Waals surface area contributed by atoms with Gasteiger partial charge >= 0.3 is 0 Å². The zero-order chi connectivity index (χ0) is 23.4. The molecule has 0 radical (unpaired) electrons. The molecule has 0 bridgehead atoms. The van der Waals surface area contributed by atoms with E-state index < -0.39 is 10.8 Å². The lowest BCUT2D eigenvalue weighted by Gasteiger charge is -2.11. The van der Waals surface area contributed by atoms with Crippen molar-refractivity contribution in [3.8, 4) is 11.4 Å². The van der Waals surface area contributed by atoms with Crippen LogP contribution in [-0.4, -0.2) is 26.6 Å². The van der Waals surface area contributed by atoms with Crippen LogP contribution in [0.15, 0.2) is 71.8 Å². The second-order valence-electron chi connectivity index (χ2n) is 7.14. The van der Waals surface area contributed by atoms with Crippen molar-refractivity contribution in [1.82, 2.24) is 9.97 Å². The third kappa shape index (κ3) is 4.98. The lowest BCUT2D eigenvalue weighted by Crippen LogP contribution is -2.15. The van der Waals surface area contributed by atoms with Crippen molar-refractivity contribution < 1.29 is 14.1 Å². The smallest absolute Gasteiger partial charge is 0.292 e. The molecule has 3 aromatic carbocycles. The summed E-state index contributed by atoms with van der Waals surface area (Å²) in [6.07, 6.45) is 0.763. The van der Waals surface area contributed by atoms with Crippen LogP contribution in [0.1, 0.15) is 12.5 Å². The van der Waals surface area contributed by atoms with Crippen LogP contribution in [-0.2, 0) is 11.2 Å². The van der Waals surface area contributed by atoms with Crippen LogP contribution >= 0.6 is 11.8 Å². The summed E-state index contributed by atoms with van der Waals surface area (Å²) in [5, 5.41) is 15.2. The van der Waals surface area contributed by atoms with Crippen molar-refractivity contribution in [3.05, 3.63) is 88.2 Å². The number of nitro groups is 1. The predicted molar refractivity (Wildman–Crippen MR) is 127 cm³/mol. The van der Waals surface area contributed by atoms with E-state index in [1.54, 1.807) is 18.2 Å². The van der Waals surface area contributed by atoms with Gasteiger partial charge in [-0.25, -0.2) is 14.4 Å². The van der Waals surface area contributed by atoms with Gasteiger partial charge in [0.15, 0.2) is 5.82 Å². The first kappa shape index (κ1) is 22.3. The third-order valence-corrected chi connectivity index (χ3v) is 5.96. The minimum absolute atomic E-state index is 0.00261. The first-order valence-corrected chi connectivity index (χ1v) is 11.2. The molecule has 1 heterocycles. The van der Waals surface area contributed by atoms with Crippen LogP contribution in [0.2, 0.25) is 0 Å². The molecule has 0 aliphatic rings. The number of hydrogen-bond acceptors (Lipinski definition) is 6. The fraction of sp³-hybridized carbons (Fsp3) is 0.125. The summed E-state index contributed by atoms with van der Waals surface area (Å²) in [5.74, 6) is -0.312. The summed E-state index contributed by atoms with van der Waals surface area (Å²) in [4.78, 5) is 32.6. The monoisotopic (exact) mass is 462 g/mol. The number of nitro benzene ring substituents is 1. The number of carbonyl (C=O) groups is 1. The maximum atomic E-state index is 13.4. The molecule has 0 unspecified atom stereocenters. The van der Waals surface area contributed by atoms with Gasteiger partial charge in [0.05, 0.1) is 16.2 Å². The maximum Gasteiger partial charge on any atom is 0.292 e. The number of thioether (sulfide) groups is 1. The Labute approximate surface area is 193 Å². The minimum atomic E-state index is -0.540. The molecule has 0 atom stereocenters. The topological polar surface area (TPSA) is 98.0 Å². The highest BCUT2D eigenvalue weighted by molar-refractivity contribution is 8.00. The molecule has 0 fully saturated rings. The molecule has 0 spiro atoms. The van der Waals surface area contributed by atoms with E-state index in [1.807, 2.05) is 25.1 Å². The van der Waals surface area contributed by atoms with Crippen molar-refractivity contribution in [2.45, 2.75) is 18.4 Å². The van der Waals surface area contributed by atoms with Crippen LogP contribution in [0.25, 0.3) is 22.3 Å². The van der Waals surface area contributed by atoms with Crippen molar-refractivity contribution in [3.63, 3.8) is 0 Å². The quantitative estimate of drug-likeness (QED) is 0.165. The molecule has 0 aliphatic heterocycles. The number of nitrogens with zero attached hydrogens (tertiary/aromatic N) is 3. The standard InChI is InChI=1S/C24H19FN4O3S/c1-2-15-6-5-7-18-22(15)27-23(16-10-12-17(25)13-11-16)28-24(18)33-14-21(30)26-19-8-3-4-9-20(19)29(31)32/h3-13H,2,14H2,1H3,(H,26,30). The van der Waals surface area contributed by atoms with Gasteiger partial charge in [-0.3, -0.25) is 14.9 Å². The van der Waals surface area contributed by atoms with Crippen LogP contribution < -0.4 is 5.32 Å². The van der Waals surface area contributed by atoms with Crippen molar-refractivity contribution in [2.24, 2.45) is 0 Å². The van der Waals surface area contributed by atoms with Crippen molar-refractivity contribution >= 4 is 39.9 Å². The Hall–Kier alpha value is -3.85. The number of para-hydroxylation sites is 3. The van der Waals surface area contributed by atoms with Crippen LogP contribution in [0.3, 0.4) is 0 Å². The molecule has 33 heavy (non-hydrogen) atoms. The second-order valence-corrected chi connectivity index (χ2v) is 8.10. The molecule has 0 saturated carbocycles. The van der Waals surface area contributed by atoms with Crippen LogP contribution in [0.4, 0.5) is 15.8 Å². The summed E-state index contributed by atoms with van der Waals surface area (Å²) >= 11 is 1.22. The lowest BCUT2D eigenvalue weighted by molar-refractivity contribution is -0.383. The number of anilines is 1. The number of fused-ring (bicyclic) bond motifs is 1. The number of carbonyl (C=O) groups excluding carboxylic acids is 1. The van der Waals surface area contributed by atoms with Gasteiger partial charge in [0.25, 0.3) is 5.69 Å². The molecule has 1 amide bonds. The molecule has 166 valence electrons. The number of hydrogen-bond donors (Lipinski definition) is 1. The highest BCUT2D eigenvalue weighted by Crippen LogP contribution is 2.31. The van der Waals surface area contributed by atoms with E-state index in [4.69, 9.17) is 4.98 Å². The summed E-state index contributed by atoms with van der Waals surface area (Å²) in [6, 6.07) is 17.7. The lowest BCUT2D eigenvalue weighted by atomic mass is 10.1. The van der Waals surface area contributed by atoms with Gasteiger partial charge in [-0.05, 0) is 42.3 Å². The third-order valence-electron chi connectivity index (χ3n) is 4.97. The van der Waals surface area contributed by atoms with E-state index in [2.05, 4.69) is 10.3 Å². The Morgan fingerprint density at radius 1 is 1.06 bits per heavy atom. The fourth-order valence-electron chi connectivity index (χ4n) is 3.37. The number of rotatable bonds is 7. The van der Waals surface area contributed by atoms with Crippen molar-refractivity contribution in [2.75, 3.05) is 11.1 Å². The summed E-state index contributed by atoms with van der Waals surface area (Å²) in [7, 11) is 0. The molecule has 7 nitrogen and oxygen atoms in total. The second kappa shape index (κ2) is 9.74. The Kier molecular flexibility index (Phi) is 6.60.